The predicted molar refractivity (Wildman–Crippen MR) is 86.9 cm³/mol. The Hall–Kier alpha value is -2.17. The topological polar surface area (TPSA) is 38.1 Å². The Morgan fingerprint density at radius 3 is 2.91 bits per heavy atom. The summed E-state index contributed by atoms with van der Waals surface area (Å²) in [5.74, 6) is -0.103. The van der Waals surface area contributed by atoms with E-state index in [1.54, 1.807) is 6.07 Å². The van der Waals surface area contributed by atoms with Crippen molar-refractivity contribution in [3.05, 3.63) is 53.1 Å². The minimum absolute atomic E-state index is 0.00342. The monoisotopic (exact) mass is 315 g/mol. The van der Waals surface area contributed by atoms with Gasteiger partial charge in [-0.05, 0) is 31.4 Å². The Morgan fingerprint density at radius 1 is 1.39 bits per heavy atom. The van der Waals surface area contributed by atoms with Crippen LogP contribution in [0.3, 0.4) is 0 Å². The molecule has 1 aromatic heterocycles. The molecule has 1 saturated heterocycles. The number of rotatable bonds is 4. The van der Waals surface area contributed by atoms with Gasteiger partial charge in [0, 0.05) is 31.7 Å². The zero-order valence-corrected chi connectivity index (χ0v) is 13.6. The van der Waals surface area contributed by atoms with E-state index in [2.05, 4.69) is 12.0 Å². The predicted octanol–water partition coefficient (Wildman–Crippen LogP) is 3.37. The van der Waals surface area contributed by atoms with Gasteiger partial charge in [0.15, 0.2) is 0 Å². The van der Waals surface area contributed by atoms with E-state index in [9.17, 15) is 9.18 Å². The molecule has 0 unspecified atom stereocenters. The fourth-order valence-corrected chi connectivity index (χ4v) is 3.25. The summed E-state index contributed by atoms with van der Waals surface area (Å²) in [7, 11) is 0. The summed E-state index contributed by atoms with van der Waals surface area (Å²) in [6, 6.07) is 6.85. The number of nitrogens with zero attached hydrogens (tertiary/aromatic N) is 3. The molecule has 4 nitrogen and oxygen atoms in total. The second kappa shape index (κ2) is 6.52. The molecule has 23 heavy (non-hydrogen) atoms. The summed E-state index contributed by atoms with van der Waals surface area (Å²) in [4.78, 5) is 14.5. The van der Waals surface area contributed by atoms with Crippen LogP contribution >= 0.6 is 0 Å². The highest BCUT2D eigenvalue weighted by Crippen LogP contribution is 2.30. The number of likely N-dealkylation sites (tertiary alicyclic amines) is 1. The molecule has 0 spiro atoms. The first kappa shape index (κ1) is 15.7. The van der Waals surface area contributed by atoms with Gasteiger partial charge in [-0.3, -0.25) is 9.48 Å². The van der Waals surface area contributed by atoms with Crippen molar-refractivity contribution < 1.29 is 9.18 Å². The van der Waals surface area contributed by atoms with Crippen molar-refractivity contribution in [3.63, 3.8) is 0 Å². The van der Waals surface area contributed by atoms with Crippen molar-refractivity contribution in [3.8, 4) is 0 Å². The molecular formula is C18H22FN3O. The van der Waals surface area contributed by atoms with Crippen molar-refractivity contribution in [1.29, 1.82) is 0 Å². The molecule has 2 heterocycles. The zero-order chi connectivity index (χ0) is 16.4. The van der Waals surface area contributed by atoms with Gasteiger partial charge in [-0.2, -0.15) is 5.10 Å². The molecule has 5 heteroatoms. The third-order valence-corrected chi connectivity index (χ3v) is 4.45. The lowest BCUT2D eigenvalue weighted by atomic mass is 9.98. The first-order chi connectivity index (χ1) is 11.1. The molecule has 0 radical (unpaired) electrons. The van der Waals surface area contributed by atoms with Gasteiger partial charge in [0.2, 0.25) is 0 Å². The van der Waals surface area contributed by atoms with Gasteiger partial charge in [-0.1, -0.05) is 25.1 Å². The van der Waals surface area contributed by atoms with Crippen LogP contribution < -0.4 is 0 Å². The second-order valence-electron chi connectivity index (χ2n) is 6.15. The van der Waals surface area contributed by atoms with Crippen molar-refractivity contribution >= 4 is 5.91 Å². The lowest BCUT2D eigenvalue weighted by Gasteiger charge is -2.16. The summed E-state index contributed by atoms with van der Waals surface area (Å²) in [5.41, 5.74) is 2.13. The van der Waals surface area contributed by atoms with E-state index in [0.717, 1.165) is 25.1 Å². The van der Waals surface area contributed by atoms with Crippen LogP contribution in [0, 0.1) is 12.7 Å². The van der Waals surface area contributed by atoms with Gasteiger partial charge < -0.3 is 4.90 Å². The normalized spacial score (nSPS) is 17.7. The van der Waals surface area contributed by atoms with Gasteiger partial charge in [-0.25, -0.2) is 4.39 Å². The first-order valence-electron chi connectivity index (χ1n) is 8.18. The molecule has 1 amide bonds. The number of aryl methyl sites for hydroxylation is 2. The largest absolute Gasteiger partial charge is 0.338 e. The van der Waals surface area contributed by atoms with E-state index in [1.165, 1.54) is 6.07 Å². The van der Waals surface area contributed by atoms with Crippen LogP contribution in [-0.2, 0) is 6.54 Å². The summed E-state index contributed by atoms with van der Waals surface area (Å²) in [6.45, 7) is 5.99. The van der Waals surface area contributed by atoms with E-state index in [4.69, 9.17) is 0 Å². The lowest BCUT2D eigenvalue weighted by molar-refractivity contribution is 0.0790. The molecule has 122 valence electrons. The highest BCUT2D eigenvalue weighted by atomic mass is 19.1. The highest BCUT2D eigenvalue weighted by molar-refractivity contribution is 5.95. The smallest absolute Gasteiger partial charge is 0.257 e. The summed E-state index contributed by atoms with van der Waals surface area (Å²) in [6.07, 6.45) is 3.61. The molecule has 1 aromatic carbocycles. The lowest BCUT2D eigenvalue weighted by Crippen LogP contribution is -2.28. The van der Waals surface area contributed by atoms with E-state index in [0.29, 0.717) is 24.2 Å². The van der Waals surface area contributed by atoms with Crippen molar-refractivity contribution in [2.75, 3.05) is 13.1 Å². The third-order valence-electron chi connectivity index (χ3n) is 4.45. The van der Waals surface area contributed by atoms with E-state index in [1.807, 2.05) is 34.8 Å². The van der Waals surface area contributed by atoms with Crippen LogP contribution in [0.1, 0.15) is 47.3 Å². The number of hydrogen-bond acceptors (Lipinski definition) is 2. The molecule has 1 aliphatic rings. The molecule has 3 rings (SSSR count). The molecular weight excluding hydrogens is 293 g/mol. The van der Waals surface area contributed by atoms with Gasteiger partial charge in [0.1, 0.15) is 5.82 Å². The SMILES string of the molecule is CCCn1cc(C(=O)N2CC[C@@H](c3ccccc3F)C2)c(C)n1. The summed E-state index contributed by atoms with van der Waals surface area (Å²) in [5, 5.41) is 4.39. The van der Waals surface area contributed by atoms with Crippen molar-refractivity contribution in [2.24, 2.45) is 0 Å². The highest BCUT2D eigenvalue weighted by Gasteiger charge is 2.30. The minimum Gasteiger partial charge on any atom is -0.338 e. The number of amides is 1. The summed E-state index contributed by atoms with van der Waals surface area (Å²) < 4.78 is 15.8. The Kier molecular flexibility index (Phi) is 4.46. The van der Waals surface area contributed by atoms with Gasteiger partial charge in [0.25, 0.3) is 5.91 Å². The first-order valence-corrected chi connectivity index (χ1v) is 8.18. The molecule has 1 aliphatic heterocycles. The van der Waals surface area contributed by atoms with Gasteiger partial charge >= 0.3 is 0 Å². The number of halogens is 1. The van der Waals surface area contributed by atoms with Crippen molar-refractivity contribution in [2.45, 2.75) is 39.2 Å². The third kappa shape index (κ3) is 3.14. The Labute approximate surface area is 135 Å². The Bertz CT molecular complexity index is 710. The Balaban J connectivity index is 1.74. The number of benzene rings is 1. The Morgan fingerprint density at radius 2 is 2.17 bits per heavy atom. The second-order valence-corrected chi connectivity index (χ2v) is 6.15. The summed E-state index contributed by atoms with van der Waals surface area (Å²) >= 11 is 0. The maximum absolute atomic E-state index is 13.9. The van der Waals surface area contributed by atoms with Crippen LogP contribution in [-0.4, -0.2) is 33.7 Å². The number of aromatic nitrogens is 2. The van der Waals surface area contributed by atoms with Crippen LogP contribution in [0.25, 0.3) is 0 Å². The van der Waals surface area contributed by atoms with E-state index < -0.39 is 0 Å². The van der Waals surface area contributed by atoms with Crippen LogP contribution in [0.5, 0.6) is 0 Å². The minimum atomic E-state index is -0.182. The maximum atomic E-state index is 13.9. The average Bonchev–Trinajstić information content (AvgIpc) is 3.15. The van der Waals surface area contributed by atoms with E-state index in [-0.39, 0.29) is 17.6 Å². The maximum Gasteiger partial charge on any atom is 0.257 e. The molecule has 0 bridgehead atoms. The molecule has 0 aliphatic carbocycles. The standard InChI is InChI=1S/C18H22FN3O/c1-3-9-22-12-16(13(2)20-22)18(23)21-10-8-14(11-21)15-6-4-5-7-17(15)19/h4-7,12,14H,3,8-11H2,1-2H3/t14-/m1/s1. The average molecular weight is 315 g/mol. The van der Waals surface area contributed by atoms with Gasteiger partial charge in [-0.15, -0.1) is 0 Å². The fraction of sp³-hybridized carbons (Fsp3) is 0.444. The van der Waals surface area contributed by atoms with Crippen molar-refractivity contribution in [1.82, 2.24) is 14.7 Å². The number of hydrogen-bond donors (Lipinski definition) is 0. The van der Waals surface area contributed by atoms with E-state index >= 15 is 0 Å². The van der Waals surface area contributed by atoms with Crippen LogP contribution in [0.4, 0.5) is 4.39 Å². The molecule has 1 atom stereocenters. The van der Waals surface area contributed by atoms with Gasteiger partial charge in [0.05, 0.1) is 11.3 Å². The van der Waals surface area contributed by atoms with Crippen LogP contribution in [0.15, 0.2) is 30.5 Å². The molecule has 0 N–H and O–H groups in total. The molecule has 1 fully saturated rings. The molecule has 2 aromatic rings. The number of carbonyl (C=O) groups is 1. The number of carbonyl (C=O) groups excluding carboxylic acids is 1. The zero-order valence-electron chi connectivity index (χ0n) is 13.6. The van der Waals surface area contributed by atoms with Crippen LogP contribution in [0.2, 0.25) is 0 Å². The quantitative estimate of drug-likeness (QED) is 0.867. The fourth-order valence-electron chi connectivity index (χ4n) is 3.25. The molecule has 0 saturated carbocycles.